The van der Waals surface area contributed by atoms with Crippen LogP contribution in [-0.2, 0) is 4.79 Å². The number of aliphatic carboxylic acids is 1. The number of hydrogen-bond acceptors (Lipinski definition) is 4. The second kappa shape index (κ2) is 10.5. The van der Waals surface area contributed by atoms with Crippen LogP contribution in [0.5, 0.6) is 0 Å². The smallest absolute Gasteiger partial charge is 0.317 e. The van der Waals surface area contributed by atoms with Gasteiger partial charge in [0.15, 0.2) is 0 Å². The van der Waals surface area contributed by atoms with Crippen molar-refractivity contribution in [2.75, 3.05) is 52.9 Å². The van der Waals surface area contributed by atoms with Crippen LogP contribution in [-0.4, -0.2) is 73.7 Å². The standard InChI is InChI=1S/C12H27N3O2/c1-4-13-7-10-15(5-2)9-6-8-14(3)11-12(16)17/h13H,4-11H2,1-3H3,(H,16,17). The molecule has 5 nitrogen and oxygen atoms in total. The topological polar surface area (TPSA) is 55.8 Å². The van der Waals surface area contributed by atoms with Gasteiger partial charge in [0.1, 0.15) is 0 Å². The molecule has 0 aromatic heterocycles. The quantitative estimate of drug-likeness (QED) is 0.514. The molecule has 0 radical (unpaired) electrons. The average molecular weight is 245 g/mol. The van der Waals surface area contributed by atoms with Crippen LogP contribution in [0, 0.1) is 0 Å². The molecule has 0 aromatic rings. The second-order valence-electron chi connectivity index (χ2n) is 4.27. The van der Waals surface area contributed by atoms with Crippen molar-refractivity contribution in [2.24, 2.45) is 0 Å². The molecule has 5 heteroatoms. The first-order valence-electron chi connectivity index (χ1n) is 6.43. The van der Waals surface area contributed by atoms with Gasteiger partial charge >= 0.3 is 5.97 Å². The molecule has 0 saturated heterocycles. The predicted molar refractivity (Wildman–Crippen MR) is 70.4 cm³/mol. The van der Waals surface area contributed by atoms with Crippen molar-refractivity contribution in [1.29, 1.82) is 0 Å². The van der Waals surface area contributed by atoms with Gasteiger partial charge in [0.2, 0.25) is 0 Å². The maximum atomic E-state index is 10.5. The zero-order valence-corrected chi connectivity index (χ0v) is 11.4. The van der Waals surface area contributed by atoms with E-state index in [1.54, 1.807) is 0 Å². The molecule has 0 amide bonds. The van der Waals surface area contributed by atoms with E-state index in [4.69, 9.17) is 5.11 Å². The van der Waals surface area contributed by atoms with E-state index in [0.29, 0.717) is 0 Å². The van der Waals surface area contributed by atoms with Gasteiger partial charge in [0.05, 0.1) is 6.54 Å². The Morgan fingerprint density at radius 1 is 1.24 bits per heavy atom. The Bertz CT molecular complexity index is 200. The summed E-state index contributed by atoms with van der Waals surface area (Å²) in [5.41, 5.74) is 0. The van der Waals surface area contributed by atoms with Crippen molar-refractivity contribution in [3.8, 4) is 0 Å². The van der Waals surface area contributed by atoms with Gasteiger partial charge in [-0.25, -0.2) is 0 Å². The van der Waals surface area contributed by atoms with Crippen LogP contribution in [0.15, 0.2) is 0 Å². The third kappa shape index (κ3) is 10.2. The maximum absolute atomic E-state index is 10.5. The molecule has 2 N–H and O–H groups in total. The lowest BCUT2D eigenvalue weighted by Gasteiger charge is -2.22. The van der Waals surface area contributed by atoms with Crippen LogP contribution in [0.1, 0.15) is 20.3 Å². The highest BCUT2D eigenvalue weighted by Crippen LogP contribution is 1.93. The van der Waals surface area contributed by atoms with Gasteiger partial charge in [0, 0.05) is 13.1 Å². The van der Waals surface area contributed by atoms with Gasteiger partial charge in [-0.2, -0.15) is 0 Å². The van der Waals surface area contributed by atoms with E-state index >= 15 is 0 Å². The van der Waals surface area contributed by atoms with Crippen molar-refractivity contribution in [1.82, 2.24) is 15.1 Å². The van der Waals surface area contributed by atoms with E-state index in [1.807, 2.05) is 11.9 Å². The summed E-state index contributed by atoms with van der Waals surface area (Å²) in [5.74, 6) is -0.757. The Balaban J connectivity index is 3.57. The van der Waals surface area contributed by atoms with E-state index in [2.05, 4.69) is 24.1 Å². The fourth-order valence-electron chi connectivity index (χ4n) is 1.72. The normalized spacial score (nSPS) is 11.4. The molecule has 17 heavy (non-hydrogen) atoms. The zero-order chi connectivity index (χ0) is 13.1. The highest BCUT2D eigenvalue weighted by molar-refractivity contribution is 5.68. The third-order valence-electron chi connectivity index (χ3n) is 2.72. The Morgan fingerprint density at radius 2 is 1.94 bits per heavy atom. The lowest BCUT2D eigenvalue weighted by molar-refractivity contribution is -0.137. The minimum Gasteiger partial charge on any atom is -0.480 e. The van der Waals surface area contributed by atoms with Gasteiger partial charge in [-0.1, -0.05) is 13.8 Å². The number of nitrogens with one attached hydrogen (secondary N) is 1. The summed E-state index contributed by atoms with van der Waals surface area (Å²) in [6, 6.07) is 0. The molecule has 0 aliphatic rings. The summed E-state index contributed by atoms with van der Waals surface area (Å²) in [4.78, 5) is 14.7. The molecule has 0 aliphatic heterocycles. The predicted octanol–water partition coefficient (Wildman–Crippen LogP) is 0.324. The highest BCUT2D eigenvalue weighted by atomic mass is 16.4. The average Bonchev–Trinajstić information content (AvgIpc) is 2.26. The number of nitrogens with zero attached hydrogens (tertiary/aromatic N) is 2. The molecule has 0 fully saturated rings. The maximum Gasteiger partial charge on any atom is 0.317 e. The summed E-state index contributed by atoms with van der Waals surface area (Å²) in [5, 5.41) is 11.9. The van der Waals surface area contributed by atoms with Crippen molar-refractivity contribution < 1.29 is 9.90 Å². The zero-order valence-electron chi connectivity index (χ0n) is 11.4. The van der Waals surface area contributed by atoms with E-state index in [1.165, 1.54) is 0 Å². The van der Waals surface area contributed by atoms with Crippen LogP contribution in [0.4, 0.5) is 0 Å². The molecule has 0 aliphatic carbocycles. The van der Waals surface area contributed by atoms with Crippen LogP contribution >= 0.6 is 0 Å². The van der Waals surface area contributed by atoms with Crippen LogP contribution in [0.3, 0.4) is 0 Å². The fraction of sp³-hybridized carbons (Fsp3) is 0.917. The molecule has 0 unspecified atom stereocenters. The van der Waals surface area contributed by atoms with Gasteiger partial charge in [-0.3, -0.25) is 9.69 Å². The highest BCUT2D eigenvalue weighted by Gasteiger charge is 2.05. The molecular formula is C12H27N3O2. The summed E-state index contributed by atoms with van der Waals surface area (Å²) in [6.07, 6.45) is 1.02. The van der Waals surface area contributed by atoms with E-state index in [0.717, 1.165) is 45.7 Å². The number of hydrogen-bond donors (Lipinski definition) is 2. The fourth-order valence-corrected chi connectivity index (χ4v) is 1.72. The molecule has 102 valence electrons. The van der Waals surface area contributed by atoms with Crippen LogP contribution in [0.25, 0.3) is 0 Å². The minimum absolute atomic E-state index is 0.128. The molecule has 0 saturated carbocycles. The SMILES string of the molecule is CCNCCN(CC)CCCN(C)CC(=O)O. The molecule has 0 heterocycles. The summed E-state index contributed by atoms with van der Waals surface area (Å²) in [6.45, 7) is 10.4. The first-order valence-corrected chi connectivity index (χ1v) is 6.43. The largest absolute Gasteiger partial charge is 0.480 e. The third-order valence-corrected chi connectivity index (χ3v) is 2.72. The number of rotatable bonds is 11. The molecule has 0 spiro atoms. The lowest BCUT2D eigenvalue weighted by Crippen LogP contribution is -2.34. The van der Waals surface area contributed by atoms with Gasteiger partial charge in [-0.15, -0.1) is 0 Å². The number of carboxylic acids is 1. The Morgan fingerprint density at radius 3 is 2.47 bits per heavy atom. The van der Waals surface area contributed by atoms with E-state index in [9.17, 15) is 4.79 Å². The van der Waals surface area contributed by atoms with Gasteiger partial charge < -0.3 is 15.3 Å². The van der Waals surface area contributed by atoms with Gasteiger partial charge in [0.25, 0.3) is 0 Å². The van der Waals surface area contributed by atoms with Crippen LogP contribution < -0.4 is 5.32 Å². The number of likely N-dealkylation sites (N-methyl/N-ethyl adjacent to an activating group) is 3. The molecule has 0 aromatic carbocycles. The summed E-state index contributed by atoms with van der Waals surface area (Å²) in [7, 11) is 1.85. The summed E-state index contributed by atoms with van der Waals surface area (Å²) < 4.78 is 0. The van der Waals surface area contributed by atoms with Crippen molar-refractivity contribution in [3.05, 3.63) is 0 Å². The van der Waals surface area contributed by atoms with Crippen molar-refractivity contribution in [3.63, 3.8) is 0 Å². The first kappa shape index (κ1) is 16.4. The molecule has 0 rings (SSSR count). The number of carboxylic acid groups (broad SMARTS) is 1. The molecule has 0 bridgehead atoms. The van der Waals surface area contributed by atoms with Crippen LogP contribution in [0.2, 0.25) is 0 Å². The summed E-state index contributed by atoms with van der Waals surface area (Å²) >= 11 is 0. The van der Waals surface area contributed by atoms with Gasteiger partial charge in [-0.05, 0) is 39.6 Å². The molecule has 0 atom stereocenters. The Hall–Kier alpha value is -0.650. The van der Waals surface area contributed by atoms with E-state index in [-0.39, 0.29) is 6.54 Å². The minimum atomic E-state index is -0.757. The van der Waals surface area contributed by atoms with Crippen molar-refractivity contribution in [2.45, 2.75) is 20.3 Å². The molecular weight excluding hydrogens is 218 g/mol. The Labute approximate surface area is 105 Å². The van der Waals surface area contributed by atoms with E-state index < -0.39 is 5.97 Å². The lowest BCUT2D eigenvalue weighted by atomic mass is 10.3. The second-order valence-corrected chi connectivity index (χ2v) is 4.27. The Kier molecular flexibility index (Phi) is 10.1. The first-order chi connectivity index (χ1) is 8.10. The number of carbonyl (C=O) groups is 1. The monoisotopic (exact) mass is 245 g/mol. The van der Waals surface area contributed by atoms with Crippen molar-refractivity contribution >= 4 is 5.97 Å².